The molecule has 2 atom stereocenters. The fourth-order valence-electron chi connectivity index (χ4n) is 3.66. The number of H-pyrrole nitrogens is 1. The number of carboxylic acid groups (broad SMARTS) is 1. The Labute approximate surface area is 191 Å². The van der Waals surface area contributed by atoms with E-state index in [2.05, 4.69) is 41.5 Å². The van der Waals surface area contributed by atoms with E-state index >= 15 is 0 Å². The summed E-state index contributed by atoms with van der Waals surface area (Å²) in [5.41, 5.74) is 5.83. The van der Waals surface area contributed by atoms with Crippen molar-refractivity contribution in [3.05, 3.63) is 34.7 Å². The summed E-state index contributed by atoms with van der Waals surface area (Å²) in [7, 11) is 0. The second kappa shape index (κ2) is 10.3. The van der Waals surface area contributed by atoms with Crippen LogP contribution < -0.4 is 15.6 Å². The molecule has 1 fully saturated rings. The van der Waals surface area contributed by atoms with Gasteiger partial charge in [0.2, 0.25) is 5.91 Å². The van der Waals surface area contributed by atoms with E-state index < -0.39 is 18.7 Å². The molecule has 2 amide bonds. The van der Waals surface area contributed by atoms with Gasteiger partial charge in [-0.1, -0.05) is 19.9 Å². The Morgan fingerprint density at radius 3 is 2.78 bits per heavy atom. The molecular weight excluding hydrogens is 492 g/mol. The van der Waals surface area contributed by atoms with Gasteiger partial charge in [-0.3, -0.25) is 10.2 Å². The Bertz CT molecular complexity index is 971. The third-order valence-electron chi connectivity index (χ3n) is 5.17. The van der Waals surface area contributed by atoms with Crippen LogP contribution in [0.4, 0.5) is 13.6 Å². The van der Waals surface area contributed by atoms with Gasteiger partial charge in [0.15, 0.2) is 0 Å². The number of amides is 2. The SMILES string of the molecule is CC(C)[C@H](NNC(=O)O)C(=O)N1CCC[C@H]1c1ncc(-c2ccc(Br)c(OC(F)F)c2)[nH]1. The quantitative estimate of drug-likeness (QED) is 0.396. The molecule has 0 saturated carbocycles. The van der Waals surface area contributed by atoms with Gasteiger partial charge in [-0.25, -0.2) is 15.2 Å². The maximum atomic E-state index is 13.1. The number of nitrogens with zero attached hydrogens (tertiary/aromatic N) is 2. The number of aromatic amines is 1. The average Bonchev–Trinajstić information content (AvgIpc) is 3.38. The number of hydrogen-bond donors (Lipinski definition) is 4. The maximum absolute atomic E-state index is 13.1. The first-order valence-corrected chi connectivity index (χ1v) is 10.8. The summed E-state index contributed by atoms with van der Waals surface area (Å²) in [6.45, 7) is 1.21. The van der Waals surface area contributed by atoms with Crippen LogP contribution >= 0.6 is 15.9 Å². The van der Waals surface area contributed by atoms with Crippen molar-refractivity contribution in [2.75, 3.05) is 6.54 Å². The molecule has 12 heteroatoms. The molecule has 0 aliphatic carbocycles. The first-order valence-electron chi connectivity index (χ1n) is 10.0. The minimum Gasteiger partial charge on any atom is -0.464 e. The lowest BCUT2D eigenvalue weighted by Gasteiger charge is -2.30. The van der Waals surface area contributed by atoms with Gasteiger partial charge in [0.25, 0.3) is 0 Å². The first-order chi connectivity index (χ1) is 15.2. The van der Waals surface area contributed by atoms with Crippen LogP contribution in [0.2, 0.25) is 0 Å². The predicted molar refractivity (Wildman–Crippen MR) is 115 cm³/mol. The van der Waals surface area contributed by atoms with E-state index in [1.165, 1.54) is 6.07 Å². The van der Waals surface area contributed by atoms with Crippen LogP contribution in [0.3, 0.4) is 0 Å². The highest BCUT2D eigenvalue weighted by molar-refractivity contribution is 9.10. The van der Waals surface area contributed by atoms with Crippen LogP contribution in [0.15, 0.2) is 28.9 Å². The Balaban J connectivity index is 1.80. The van der Waals surface area contributed by atoms with Gasteiger partial charge in [-0.2, -0.15) is 8.78 Å². The molecule has 2 aromatic rings. The number of ether oxygens (including phenoxy) is 1. The van der Waals surface area contributed by atoms with Gasteiger partial charge in [-0.15, -0.1) is 0 Å². The molecular formula is C20H24BrF2N5O4. The molecule has 4 N–H and O–H groups in total. The van der Waals surface area contributed by atoms with E-state index in [9.17, 15) is 18.4 Å². The number of hydrazine groups is 1. The van der Waals surface area contributed by atoms with Crippen LogP contribution in [-0.4, -0.2) is 51.2 Å². The zero-order chi connectivity index (χ0) is 23.4. The molecule has 32 heavy (non-hydrogen) atoms. The summed E-state index contributed by atoms with van der Waals surface area (Å²) < 4.78 is 30.2. The van der Waals surface area contributed by atoms with E-state index in [1.54, 1.807) is 23.2 Å². The van der Waals surface area contributed by atoms with Crippen molar-refractivity contribution in [2.24, 2.45) is 5.92 Å². The zero-order valence-corrected chi connectivity index (χ0v) is 19.0. The van der Waals surface area contributed by atoms with E-state index in [-0.39, 0.29) is 23.6 Å². The first kappa shape index (κ1) is 23.9. The van der Waals surface area contributed by atoms with Crippen molar-refractivity contribution < 1.29 is 28.2 Å². The molecule has 2 heterocycles. The standard InChI is InChI=1S/C20H24BrF2N5O4/c1-10(2)16(26-27-20(30)31)18(29)28-7-3-4-14(28)17-24-9-13(25-17)11-5-6-12(21)15(8-11)32-19(22)23/h5-6,8-10,14,16,19,26-27H,3-4,7H2,1-2H3,(H,24,25)(H,30,31)/t14-,16-/m0/s1. The Morgan fingerprint density at radius 1 is 1.38 bits per heavy atom. The van der Waals surface area contributed by atoms with Crippen molar-refractivity contribution in [1.82, 2.24) is 25.7 Å². The fraction of sp³-hybridized carbons (Fsp3) is 0.450. The molecule has 0 radical (unpaired) electrons. The molecule has 1 aliphatic heterocycles. The summed E-state index contributed by atoms with van der Waals surface area (Å²) in [6.07, 6.45) is 1.77. The minimum atomic E-state index is -2.95. The Kier molecular flexibility index (Phi) is 7.67. The molecule has 1 saturated heterocycles. The van der Waals surface area contributed by atoms with Crippen LogP contribution in [0.5, 0.6) is 5.75 Å². The van der Waals surface area contributed by atoms with Crippen molar-refractivity contribution in [3.63, 3.8) is 0 Å². The minimum absolute atomic E-state index is 0.00287. The highest BCUT2D eigenvalue weighted by Gasteiger charge is 2.36. The average molecular weight is 516 g/mol. The van der Waals surface area contributed by atoms with Crippen LogP contribution in [-0.2, 0) is 4.79 Å². The van der Waals surface area contributed by atoms with Crippen LogP contribution in [0, 0.1) is 5.92 Å². The number of nitrogens with one attached hydrogen (secondary N) is 3. The number of carbonyl (C=O) groups is 2. The number of benzene rings is 1. The van der Waals surface area contributed by atoms with Crippen molar-refractivity contribution in [3.8, 4) is 17.0 Å². The van der Waals surface area contributed by atoms with Gasteiger partial charge < -0.3 is 19.7 Å². The predicted octanol–water partition coefficient (Wildman–Crippen LogP) is 3.90. The summed E-state index contributed by atoms with van der Waals surface area (Å²) in [4.78, 5) is 33.2. The van der Waals surface area contributed by atoms with Crippen molar-refractivity contribution in [2.45, 2.75) is 45.4 Å². The van der Waals surface area contributed by atoms with E-state index in [1.807, 2.05) is 13.8 Å². The second-order valence-electron chi connectivity index (χ2n) is 7.69. The third-order valence-corrected chi connectivity index (χ3v) is 5.83. The highest BCUT2D eigenvalue weighted by Crippen LogP contribution is 2.34. The van der Waals surface area contributed by atoms with Gasteiger partial charge in [0.1, 0.15) is 17.6 Å². The highest BCUT2D eigenvalue weighted by atomic mass is 79.9. The largest absolute Gasteiger partial charge is 0.464 e. The monoisotopic (exact) mass is 515 g/mol. The molecule has 0 bridgehead atoms. The Morgan fingerprint density at radius 2 is 2.12 bits per heavy atom. The summed E-state index contributed by atoms with van der Waals surface area (Å²) in [5.74, 6) is 0.186. The normalized spacial score (nSPS) is 17.1. The molecule has 9 nitrogen and oxygen atoms in total. The van der Waals surface area contributed by atoms with E-state index in [0.717, 1.165) is 6.42 Å². The van der Waals surface area contributed by atoms with E-state index in [4.69, 9.17) is 5.11 Å². The molecule has 1 aromatic carbocycles. The lowest BCUT2D eigenvalue weighted by Crippen LogP contribution is -2.54. The van der Waals surface area contributed by atoms with Crippen molar-refractivity contribution in [1.29, 1.82) is 0 Å². The second-order valence-corrected chi connectivity index (χ2v) is 8.55. The molecule has 174 valence electrons. The van der Waals surface area contributed by atoms with Gasteiger partial charge >= 0.3 is 12.7 Å². The number of aromatic nitrogens is 2. The number of alkyl halides is 2. The lowest BCUT2D eigenvalue weighted by molar-refractivity contribution is -0.135. The summed E-state index contributed by atoms with van der Waals surface area (Å²) >= 11 is 3.19. The summed E-state index contributed by atoms with van der Waals surface area (Å²) in [5, 5.41) is 8.85. The smallest absolute Gasteiger partial charge is 0.419 e. The van der Waals surface area contributed by atoms with Crippen LogP contribution in [0.1, 0.15) is 38.6 Å². The molecule has 1 aromatic heterocycles. The maximum Gasteiger partial charge on any atom is 0.419 e. The van der Waals surface area contributed by atoms with Crippen LogP contribution in [0.25, 0.3) is 11.3 Å². The Hall–Kier alpha value is -2.73. The van der Waals surface area contributed by atoms with Gasteiger partial charge in [-0.05, 0) is 46.8 Å². The van der Waals surface area contributed by atoms with Gasteiger partial charge in [0.05, 0.1) is 22.4 Å². The molecule has 0 spiro atoms. The molecule has 0 unspecified atom stereocenters. The lowest BCUT2D eigenvalue weighted by atomic mass is 10.0. The topological polar surface area (TPSA) is 120 Å². The molecule has 1 aliphatic rings. The zero-order valence-electron chi connectivity index (χ0n) is 17.4. The summed E-state index contributed by atoms with van der Waals surface area (Å²) in [6, 6.07) is 3.76. The molecule has 3 rings (SSSR count). The van der Waals surface area contributed by atoms with E-state index in [0.29, 0.717) is 34.5 Å². The number of halogens is 3. The number of imidazole rings is 1. The number of hydrogen-bond acceptors (Lipinski definition) is 5. The third kappa shape index (κ3) is 5.54. The number of likely N-dealkylation sites (tertiary alicyclic amines) is 1. The number of rotatable bonds is 8. The van der Waals surface area contributed by atoms with Gasteiger partial charge in [0, 0.05) is 12.1 Å². The number of carbonyl (C=O) groups excluding carboxylic acids is 1. The van der Waals surface area contributed by atoms with Crippen molar-refractivity contribution >= 4 is 27.9 Å². The fourth-order valence-corrected chi connectivity index (χ4v) is 4.00.